The van der Waals surface area contributed by atoms with Crippen molar-refractivity contribution in [1.29, 1.82) is 0 Å². The molecule has 1 saturated carbocycles. The molecule has 4 heteroatoms. The van der Waals surface area contributed by atoms with Gasteiger partial charge in [0.05, 0.1) is 0 Å². The molecular weight excluding hydrogens is 204 g/mol. The minimum Gasteiger partial charge on any atom is -0.444 e. The van der Waals surface area contributed by atoms with Crippen LogP contribution in [0.1, 0.15) is 40.0 Å². The normalized spacial score (nSPS) is 27.6. The summed E-state index contributed by atoms with van der Waals surface area (Å²) < 4.78 is 5.26. The summed E-state index contributed by atoms with van der Waals surface area (Å²) in [6.45, 7) is 7.82. The third-order valence-corrected chi connectivity index (χ3v) is 3.48. The Hall–Kier alpha value is -0.770. The van der Waals surface area contributed by atoms with E-state index in [4.69, 9.17) is 4.74 Å². The smallest absolute Gasteiger partial charge is 0.407 e. The Labute approximate surface area is 97.1 Å². The zero-order valence-corrected chi connectivity index (χ0v) is 10.4. The van der Waals surface area contributed by atoms with Crippen molar-refractivity contribution in [3.8, 4) is 0 Å². The van der Waals surface area contributed by atoms with E-state index in [1.165, 1.54) is 12.8 Å². The first-order chi connectivity index (χ1) is 7.41. The largest absolute Gasteiger partial charge is 0.444 e. The van der Waals surface area contributed by atoms with Gasteiger partial charge in [0, 0.05) is 6.04 Å². The lowest BCUT2D eigenvalue weighted by Gasteiger charge is -2.24. The van der Waals surface area contributed by atoms with E-state index in [0.29, 0.717) is 11.5 Å². The molecule has 92 valence electrons. The molecule has 0 unspecified atom stereocenters. The van der Waals surface area contributed by atoms with Gasteiger partial charge in [0.1, 0.15) is 5.60 Å². The number of alkyl carbamates (subject to hydrolysis) is 1. The van der Waals surface area contributed by atoms with Crippen LogP contribution in [0.4, 0.5) is 4.79 Å². The monoisotopic (exact) mass is 226 g/mol. The summed E-state index contributed by atoms with van der Waals surface area (Å²) in [6.07, 6.45) is 3.20. The van der Waals surface area contributed by atoms with Crippen molar-refractivity contribution in [3.05, 3.63) is 0 Å². The maximum Gasteiger partial charge on any atom is 0.407 e. The van der Waals surface area contributed by atoms with Crippen LogP contribution in [0.25, 0.3) is 0 Å². The molecule has 1 heterocycles. The van der Waals surface area contributed by atoms with E-state index >= 15 is 0 Å². The molecule has 0 aromatic carbocycles. The fraction of sp³-hybridized carbons (Fsp3) is 0.917. The van der Waals surface area contributed by atoms with Gasteiger partial charge in [0.2, 0.25) is 0 Å². The molecule has 1 atom stereocenters. The third-order valence-electron chi connectivity index (χ3n) is 3.48. The van der Waals surface area contributed by atoms with Crippen LogP contribution in [-0.4, -0.2) is 30.8 Å². The van der Waals surface area contributed by atoms with Crippen molar-refractivity contribution in [1.82, 2.24) is 10.6 Å². The number of ether oxygens (including phenoxy) is 1. The van der Waals surface area contributed by atoms with Gasteiger partial charge >= 0.3 is 6.09 Å². The Morgan fingerprint density at radius 1 is 1.38 bits per heavy atom. The lowest BCUT2D eigenvalue weighted by molar-refractivity contribution is 0.0513. The Bertz CT molecular complexity index is 277. The lowest BCUT2D eigenvalue weighted by atomic mass is 9.94. The second-order valence-corrected chi connectivity index (χ2v) is 6.02. The van der Waals surface area contributed by atoms with Crippen LogP contribution >= 0.6 is 0 Å². The minimum atomic E-state index is -0.403. The molecule has 2 N–H and O–H groups in total. The highest BCUT2D eigenvalue weighted by atomic mass is 16.6. The van der Waals surface area contributed by atoms with Crippen LogP contribution in [0.5, 0.6) is 0 Å². The quantitative estimate of drug-likeness (QED) is 0.715. The predicted molar refractivity (Wildman–Crippen MR) is 62.3 cm³/mol. The Morgan fingerprint density at radius 3 is 2.56 bits per heavy atom. The molecule has 16 heavy (non-hydrogen) atoms. The van der Waals surface area contributed by atoms with Gasteiger partial charge in [-0.3, -0.25) is 0 Å². The molecule has 1 saturated heterocycles. The van der Waals surface area contributed by atoms with E-state index in [0.717, 1.165) is 19.5 Å². The average molecular weight is 226 g/mol. The summed E-state index contributed by atoms with van der Waals surface area (Å²) in [6, 6.07) is 0.337. The molecule has 2 rings (SSSR count). The number of hydrogen-bond acceptors (Lipinski definition) is 3. The van der Waals surface area contributed by atoms with Crippen molar-refractivity contribution in [2.75, 3.05) is 13.1 Å². The number of carbonyl (C=O) groups is 1. The molecule has 0 aromatic heterocycles. The molecule has 2 aliphatic rings. The van der Waals surface area contributed by atoms with Gasteiger partial charge in [-0.15, -0.1) is 0 Å². The molecule has 0 bridgehead atoms. The summed E-state index contributed by atoms with van der Waals surface area (Å²) in [5.74, 6) is 0. The van der Waals surface area contributed by atoms with E-state index in [1.807, 2.05) is 20.8 Å². The van der Waals surface area contributed by atoms with Crippen LogP contribution in [0, 0.1) is 5.41 Å². The molecule has 0 radical (unpaired) electrons. The van der Waals surface area contributed by atoms with Crippen molar-refractivity contribution < 1.29 is 9.53 Å². The van der Waals surface area contributed by atoms with Crippen molar-refractivity contribution in [3.63, 3.8) is 0 Å². The van der Waals surface area contributed by atoms with E-state index in [2.05, 4.69) is 10.6 Å². The highest BCUT2D eigenvalue weighted by molar-refractivity contribution is 5.68. The molecular formula is C12H22N2O2. The maximum absolute atomic E-state index is 11.6. The van der Waals surface area contributed by atoms with Crippen LogP contribution in [-0.2, 0) is 4.74 Å². The fourth-order valence-electron chi connectivity index (χ4n) is 2.48. The van der Waals surface area contributed by atoms with Gasteiger partial charge in [-0.1, -0.05) is 0 Å². The van der Waals surface area contributed by atoms with Crippen LogP contribution in [0.2, 0.25) is 0 Å². The predicted octanol–water partition coefficient (Wildman–Crippen LogP) is 1.65. The zero-order chi connectivity index (χ0) is 11.8. The number of hydrogen-bond donors (Lipinski definition) is 2. The lowest BCUT2D eigenvalue weighted by Crippen LogP contribution is -2.38. The van der Waals surface area contributed by atoms with Crippen molar-refractivity contribution in [2.24, 2.45) is 5.41 Å². The van der Waals surface area contributed by atoms with Crippen molar-refractivity contribution in [2.45, 2.75) is 51.7 Å². The summed E-state index contributed by atoms with van der Waals surface area (Å²) >= 11 is 0. The summed E-state index contributed by atoms with van der Waals surface area (Å²) in [7, 11) is 0. The second kappa shape index (κ2) is 3.91. The van der Waals surface area contributed by atoms with E-state index in [9.17, 15) is 4.79 Å². The molecule has 1 amide bonds. The third kappa shape index (κ3) is 2.67. The zero-order valence-electron chi connectivity index (χ0n) is 10.4. The molecule has 2 fully saturated rings. The number of piperidine rings is 1. The van der Waals surface area contributed by atoms with Crippen molar-refractivity contribution >= 4 is 6.09 Å². The maximum atomic E-state index is 11.6. The van der Waals surface area contributed by atoms with Crippen LogP contribution in [0.3, 0.4) is 0 Å². The Morgan fingerprint density at radius 2 is 2.00 bits per heavy atom. The molecule has 0 aromatic rings. The van der Waals surface area contributed by atoms with Crippen LogP contribution in [0.15, 0.2) is 0 Å². The SMILES string of the molecule is CC(C)(C)OC(=O)N[C@H]1CC12CCNCC2. The number of rotatable bonds is 1. The van der Waals surface area contributed by atoms with E-state index in [-0.39, 0.29) is 6.09 Å². The standard InChI is InChI=1S/C12H22N2O2/c1-11(2,3)16-10(15)14-9-8-12(9)4-6-13-7-5-12/h9,13H,4-8H2,1-3H3,(H,14,15)/t9-/m0/s1. The van der Waals surface area contributed by atoms with Gasteiger partial charge in [-0.25, -0.2) is 4.79 Å². The minimum absolute atomic E-state index is 0.270. The fourth-order valence-corrected chi connectivity index (χ4v) is 2.48. The van der Waals surface area contributed by atoms with Crippen LogP contribution < -0.4 is 10.6 Å². The second-order valence-electron chi connectivity index (χ2n) is 6.02. The number of carbonyl (C=O) groups excluding carboxylic acids is 1. The molecule has 1 aliphatic carbocycles. The number of nitrogens with one attached hydrogen (secondary N) is 2. The first-order valence-corrected chi connectivity index (χ1v) is 6.12. The average Bonchev–Trinajstić information content (AvgIpc) is 2.75. The van der Waals surface area contributed by atoms with E-state index in [1.54, 1.807) is 0 Å². The summed E-state index contributed by atoms with van der Waals surface area (Å²) in [5.41, 5.74) is -0.0254. The summed E-state index contributed by atoms with van der Waals surface area (Å²) in [5, 5.41) is 6.33. The van der Waals surface area contributed by atoms with Gasteiger partial charge in [-0.05, 0) is 58.5 Å². The molecule has 4 nitrogen and oxygen atoms in total. The highest BCUT2D eigenvalue weighted by Crippen LogP contribution is 2.52. The molecule has 1 aliphatic heterocycles. The van der Waals surface area contributed by atoms with Gasteiger partial charge in [-0.2, -0.15) is 0 Å². The van der Waals surface area contributed by atoms with Gasteiger partial charge in [0.25, 0.3) is 0 Å². The highest BCUT2D eigenvalue weighted by Gasteiger charge is 2.54. The van der Waals surface area contributed by atoms with Gasteiger partial charge in [0.15, 0.2) is 0 Å². The topological polar surface area (TPSA) is 50.4 Å². The first kappa shape index (κ1) is 11.7. The van der Waals surface area contributed by atoms with E-state index < -0.39 is 5.60 Å². The Balaban J connectivity index is 1.78. The Kier molecular flexibility index (Phi) is 2.86. The van der Waals surface area contributed by atoms with Gasteiger partial charge < -0.3 is 15.4 Å². The first-order valence-electron chi connectivity index (χ1n) is 6.12. The number of amides is 1. The summed E-state index contributed by atoms with van der Waals surface area (Å²) in [4.78, 5) is 11.6. The molecule has 1 spiro atoms.